The van der Waals surface area contributed by atoms with Gasteiger partial charge < -0.3 is 20.4 Å². The molecule has 0 amide bonds. The minimum atomic E-state index is 0.515. The zero-order chi connectivity index (χ0) is 20.5. The molecule has 2 N–H and O–H groups in total. The number of aliphatic imine (C=N–C) groups is 1. The van der Waals surface area contributed by atoms with Crippen molar-refractivity contribution in [2.75, 3.05) is 66.5 Å². The highest BCUT2D eigenvalue weighted by Gasteiger charge is 2.20. The Morgan fingerprint density at radius 3 is 2.38 bits per heavy atom. The first-order valence-electron chi connectivity index (χ1n) is 11.3. The van der Waals surface area contributed by atoms with Crippen molar-refractivity contribution in [2.24, 2.45) is 10.9 Å². The molecule has 2 heterocycles. The monoisotopic (exact) mass is 400 g/mol. The smallest absolute Gasteiger partial charge is 0.191 e. The van der Waals surface area contributed by atoms with Crippen LogP contribution in [0.1, 0.15) is 25.3 Å². The second-order valence-corrected chi connectivity index (χ2v) is 8.84. The quantitative estimate of drug-likeness (QED) is 0.539. The zero-order valence-corrected chi connectivity index (χ0v) is 18.6. The molecule has 2 aliphatic rings. The summed E-state index contributed by atoms with van der Waals surface area (Å²) in [4.78, 5) is 12.0. The van der Waals surface area contributed by atoms with Crippen LogP contribution in [0.4, 0.5) is 0 Å². The van der Waals surface area contributed by atoms with E-state index in [9.17, 15) is 0 Å². The van der Waals surface area contributed by atoms with Crippen LogP contribution in [0, 0.1) is 5.92 Å². The summed E-state index contributed by atoms with van der Waals surface area (Å²) in [5.41, 5.74) is 1.41. The lowest BCUT2D eigenvalue weighted by atomic mass is 10.0. The van der Waals surface area contributed by atoms with Gasteiger partial charge in [0, 0.05) is 72.0 Å². The molecular formula is C23H40N6. The van der Waals surface area contributed by atoms with Gasteiger partial charge in [0.15, 0.2) is 5.96 Å². The number of benzene rings is 1. The van der Waals surface area contributed by atoms with Crippen molar-refractivity contribution < 1.29 is 0 Å². The van der Waals surface area contributed by atoms with Gasteiger partial charge in [-0.1, -0.05) is 37.3 Å². The Kier molecular flexibility index (Phi) is 8.77. The number of rotatable bonds is 7. The van der Waals surface area contributed by atoms with E-state index in [-0.39, 0.29) is 0 Å². The van der Waals surface area contributed by atoms with Gasteiger partial charge in [-0.3, -0.25) is 9.89 Å². The first-order valence-corrected chi connectivity index (χ1v) is 11.3. The summed E-state index contributed by atoms with van der Waals surface area (Å²) in [6, 6.07) is 11.3. The molecule has 0 spiro atoms. The van der Waals surface area contributed by atoms with Crippen molar-refractivity contribution in [3.63, 3.8) is 0 Å². The van der Waals surface area contributed by atoms with Crippen LogP contribution in [0.25, 0.3) is 0 Å². The maximum atomic E-state index is 4.46. The Bertz CT molecular complexity index is 603. The van der Waals surface area contributed by atoms with Crippen molar-refractivity contribution in [1.82, 2.24) is 25.3 Å². The number of piperazine rings is 1. The summed E-state index contributed by atoms with van der Waals surface area (Å²) in [6.45, 7) is 12.6. The molecule has 1 aromatic rings. The van der Waals surface area contributed by atoms with E-state index in [1.165, 1.54) is 44.6 Å². The number of nitrogens with zero attached hydrogens (tertiary/aromatic N) is 4. The lowest BCUT2D eigenvalue weighted by Crippen LogP contribution is -2.50. The van der Waals surface area contributed by atoms with Gasteiger partial charge in [-0.2, -0.15) is 0 Å². The first kappa shape index (κ1) is 22.1. The fourth-order valence-corrected chi connectivity index (χ4v) is 4.27. The number of hydrogen-bond acceptors (Lipinski definition) is 4. The molecule has 2 aliphatic heterocycles. The van der Waals surface area contributed by atoms with E-state index in [0.29, 0.717) is 12.0 Å². The molecule has 2 saturated heterocycles. The summed E-state index contributed by atoms with van der Waals surface area (Å²) in [7, 11) is 4.09. The Labute approximate surface area is 177 Å². The van der Waals surface area contributed by atoms with E-state index >= 15 is 0 Å². The van der Waals surface area contributed by atoms with E-state index in [2.05, 4.69) is 74.6 Å². The van der Waals surface area contributed by atoms with Crippen LogP contribution in [-0.2, 0) is 6.54 Å². The van der Waals surface area contributed by atoms with Crippen molar-refractivity contribution in [2.45, 2.75) is 32.4 Å². The number of hydrogen-bond donors (Lipinski definition) is 2. The van der Waals surface area contributed by atoms with Gasteiger partial charge in [0.1, 0.15) is 0 Å². The molecule has 3 rings (SSSR count). The third kappa shape index (κ3) is 7.61. The summed E-state index contributed by atoms with van der Waals surface area (Å²) in [5, 5.41) is 7.20. The van der Waals surface area contributed by atoms with Gasteiger partial charge >= 0.3 is 0 Å². The van der Waals surface area contributed by atoms with Crippen LogP contribution in [-0.4, -0.2) is 93.2 Å². The van der Waals surface area contributed by atoms with E-state index in [4.69, 9.17) is 0 Å². The largest absolute Gasteiger partial charge is 0.356 e. The Balaban J connectivity index is 1.33. The normalized spacial score (nSPS) is 21.8. The van der Waals surface area contributed by atoms with E-state index < -0.39 is 0 Å². The predicted molar refractivity (Wildman–Crippen MR) is 122 cm³/mol. The van der Waals surface area contributed by atoms with Crippen LogP contribution >= 0.6 is 0 Å². The first-order chi connectivity index (χ1) is 14.1. The minimum Gasteiger partial charge on any atom is -0.356 e. The van der Waals surface area contributed by atoms with Gasteiger partial charge in [-0.15, -0.1) is 0 Å². The van der Waals surface area contributed by atoms with Gasteiger partial charge in [0.25, 0.3) is 0 Å². The van der Waals surface area contributed by atoms with Crippen molar-refractivity contribution in [1.29, 1.82) is 0 Å². The average Bonchev–Trinajstić information content (AvgIpc) is 2.75. The Morgan fingerprint density at radius 1 is 1.03 bits per heavy atom. The van der Waals surface area contributed by atoms with Crippen LogP contribution in [0.3, 0.4) is 0 Å². The molecule has 1 unspecified atom stereocenters. The van der Waals surface area contributed by atoms with Gasteiger partial charge in [-0.05, 0) is 31.4 Å². The molecule has 162 valence electrons. The molecule has 0 aromatic heterocycles. The summed E-state index contributed by atoms with van der Waals surface area (Å²) < 4.78 is 0. The highest BCUT2D eigenvalue weighted by atomic mass is 15.3. The summed E-state index contributed by atoms with van der Waals surface area (Å²) >= 11 is 0. The molecule has 6 heteroatoms. The number of likely N-dealkylation sites (N-methyl/N-ethyl adjacent to an activating group) is 1. The summed E-state index contributed by atoms with van der Waals surface area (Å²) in [6.07, 6.45) is 2.34. The van der Waals surface area contributed by atoms with Crippen molar-refractivity contribution >= 4 is 5.96 Å². The van der Waals surface area contributed by atoms with Gasteiger partial charge in [0.2, 0.25) is 0 Å². The van der Waals surface area contributed by atoms with E-state index in [0.717, 1.165) is 38.7 Å². The molecule has 0 saturated carbocycles. The number of piperidine rings is 1. The maximum absolute atomic E-state index is 4.46. The lowest BCUT2D eigenvalue weighted by molar-refractivity contribution is 0.139. The second-order valence-electron chi connectivity index (χ2n) is 8.84. The third-order valence-corrected chi connectivity index (χ3v) is 6.18. The number of nitrogens with one attached hydrogen (secondary N) is 2. The second kappa shape index (κ2) is 11.5. The molecule has 2 fully saturated rings. The van der Waals surface area contributed by atoms with E-state index in [1.54, 1.807) is 0 Å². The molecular weight excluding hydrogens is 360 g/mol. The Hall–Kier alpha value is -1.63. The molecule has 1 atom stereocenters. The maximum Gasteiger partial charge on any atom is 0.191 e. The fraction of sp³-hybridized carbons (Fsp3) is 0.696. The number of likely N-dealkylation sites (tertiary alicyclic amines) is 1. The highest BCUT2D eigenvalue weighted by molar-refractivity contribution is 5.79. The molecule has 0 bridgehead atoms. The lowest BCUT2D eigenvalue weighted by Gasteiger charge is -2.34. The number of guanidine groups is 1. The zero-order valence-electron chi connectivity index (χ0n) is 18.6. The van der Waals surface area contributed by atoms with Crippen LogP contribution < -0.4 is 10.6 Å². The van der Waals surface area contributed by atoms with Gasteiger partial charge in [0.05, 0.1) is 0 Å². The SMILES string of the molecule is CN=C(NCC(C)CN1CCN(C)CC1)NC1CCN(Cc2ccccc2)CC1. The van der Waals surface area contributed by atoms with Crippen LogP contribution in [0.2, 0.25) is 0 Å². The molecule has 6 nitrogen and oxygen atoms in total. The predicted octanol–water partition coefficient (Wildman–Crippen LogP) is 1.70. The molecule has 1 aromatic carbocycles. The standard InChI is InChI=1S/C23H40N6/c1-20(18-29-15-13-27(3)14-16-29)17-25-23(24-2)26-22-9-11-28(12-10-22)19-21-7-5-4-6-8-21/h4-8,20,22H,9-19H2,1-3H3,(H2,24,25,26). The van der Waals surface area contributed by atoms with Crippen LogP contribution in [0.5, 0.6) is 0 Å². The van der Waals surface area contributed by atoms with Crippen molar-refractivity contribution in [3.05, 3.63) is 35.9 Å². The highest BCUT2D eigenvalue weighted by Crippen LogP contribution is 2.14. The average molecular weight is 401 g/mol. The van der Waals surface area contributed by atoms with E-state index in [1.807, 2.05) is 7.05 Å². The minimum absolute atomic E-state index is 0.515. The molecule has 29 heavy (non-hydrogen) atoms. The van der Waals surface area contributed by atoms with Crippen molar-refractivity contribution in [3.8, 4) is 0 Å². The third-order valence-electron chi connectivity index (χ3n) is 6.18. The summed E-state index contributed by atoms with van der Waals surface area (Å²) in [5.74, 6) is 1.57. The van der Waals surface area contributed by atoms with Gasteiger partial charge in [-0.25, -0.2) is 0 Å². The topological polar surface area (TPSA) is 46.1 Å². The molecule has 0 aliphatic carbocycles. The van der Waals surface area contributed by atoms with Crippen LogP contribution in [0.15, 0.2) is 35.3 Å². The fourth-order valence-electron chi connectivity index (χ4n) is 4.27. The molecule has 0 radical (unpaired) electrons. The Morgan fingerprint density at radius 2 is 1.72 bits per heavy atom.